The van der Waals surface area contributed by atoms with Gasteiger partial charge in [0.05, 0.1) is 37.8 Å². The molecule has 142 valence electrons. The molecule has 0 atom stereocenters. The summed E-state index contributed by atoms with van der Waals surface area (Å²) in [5.41, 5.74) is 1.30. The number of nitrogens with zero attached hydrogens (tertiary/aromatic N) is 1. The van der Waals surface area contributed by atoms with Gasteiger partial charge in [0.2, 0.25) is 0 Å². The first-order chi connectivity index (χ1) is 13.1. The number of aromatic amines is 1. The van der Waals surface area contributed by atoms with Crippen molar-refractivity contribution in [1.29, 1.82) is 0 Å². The Morgan fingerprint density at radius 2 is 1.70 bits per heavy atom. The van der Waals surface area contributed by atoms with Crippen LogP contribution in [0.4, 0.5) is 0 Å². The second-order valence-corrected chi connectivity index (χ2v) is 6.23. The molecule has 0 bridgehead atoms. The average Bonchev–Trinajstić information content (AvgIpc) is 2.67. The molecule has 2 aromatic carbocycles. The van der Waals surface area contributed by atoms with E-state index >= 15 is 0 Å². The molecule has 3 aromatic rings. The van der Waals surface area contributed by atoms with Gasteiger partial charge in [-0.25, -0.2) is 0 Å². The maximum absolute atomic E-state index is 13.1. The van der Waals surface area contributed by atoms with Gasteiger partial charge in [0, 0.05) is 11.6 Å². The molecular weight excluding hydrogens is 364 g/mol. The third kappa shape index (κ3) is 3.83. The standard InChI is InChI=1S/C20H22N2O4S/c1-4-25-17-10-14-15(11-18(17)26-5-2)21-20(27)22(19(14)23)12-13-8-6-7-9-16(13)24-3/h6-11H,4-5,12H2,1-3H3,(H,21,27). The van der Waals surface area contributed by atoms with E-state index in [2.05, 4.69) is 4.98 Å². The summed E-state index contributed by atoms with van der Waals surface area (Å²) in [6, 6.07) is 11.0. The number of rotatable bonds is 7. The predicted molar refractivity (Wildman–Crippen MR) is 108 cm³/mol. The van der Waals surface area contributed by atoms with Crippen LogP contribution >= 0.6 is 12.2 Å². The summed E-state index contributed by atoms with van der Waals surface area (Å²) in [6.45, 7) is 5.07. The lowest BCUT2D eigenvalue weighted by Gasteiger charge is -2.14. The Morgan fingerprint density at radius 1 is 1.04 bits per heavy atom. The lowest BCUT2D eigenvalue weighted by molar-refractivity contribution is 0.288. The number of methoxy groups -OCH3 is 1. The van der Waals surface area contributed by atoms with Crippen molar-refractivity contribution in [3.63, 3.8) is 0 Å². The molecule has 27 heavy (non-hydrogen) atoms. The molecule has 0 aliphatic carbocycles. The number of H-pyrrole nitrogens is 1. The monoisotopic (exact) mass is 386 g/mol. The van der Waals surface area contributed by atoms with E-state index in [0.29, 0.717) is 52.7 Å². The maximum atomic E-state index is 13.1. The van der Waals surface area contributed by atoms with E-state index in [1.807, 2.05) is 38.1 Å². The first-order valence-electron chi connectivity index (χ1n) is 8.77. The molecule has 1 heterocycles. The van der Waals surface area contributed by atoms with Gasteiger partial charge in [-0.2, -0.15) is 0 Å². The van der Waals surface area contributed by atoms with Gasteiger partial charge in [-0.3, -0.25) is 9.36 Å². The molecule has 0 aliphatic heterocycles. The second-order valence-electron chi connectivity index (χ2n) is 5.84. The fourth-order valence-electron chi connectivity index (χ4n) is 2.94. The number of aromatic nitrogens is 2. The molecule has 6 nitrogen and oxygen atoms in total. The molecule has 7 heteroatoms. The highest BCUT2D eigenvalue weighted by atomic mass is 32.1. The van der Waals surface area contributed by atoms with Crippen LogP contribution < -0.4 is 19.8 Å². The van der Waals surface area contributed by atoms with Gasteiger partial charge in [0.25, 0.3) is 5.56 Å². The number of ether oxygens (including phenoxy) is 3. The van der Waals surface area contributed by atoms with Gasteiger partial charge in [0.15, 0.2) is 16.3 Å². The zero-order valence-electron chi connectivity index (χ0n) is 15.6. The Hall–Kier alpha value is -2.80. The van der Waals surface area contributed by atoms with E-state index in [9.17, 15) is 4.79 Å². The van der Waals surface area contributed by atoms with Crippen molar-refractivity contribution in [2.75, 3.05) is 20.3 Å². The molecule has 3 rings (SSSR count). The maximum Gasteiger partial charge on any atom is 0.262 e. The first-order valence-corrected chi connectivity index (χ1v) is 9.18. The molecule has 0 spiro atoms. The minimum Gasteiger partial charge on any atom is -0.496 e. The lowest BCUT2D eigenvalue weighted by atomic mass is 10.2. The van der Waals surface area contributed by atoms with Crippen molar-refractivity contribution in [3.05, 3.63) is 57.1 Å². The van der Waals surface area contributed by atoms with Gasteiger partial charge in [-0.15, -0.1) is 0 Å². The van der Waals surface area contributed by atoms with Crippen LogP contribution in [0.5, 0.6) is 17.2 Å². The van der Waals surface area contributed by atoms with Crippen molar-refractivity contribution in [2.24, 2.45) is 0 Å². The van der Waals surface area contributed by atoms with E-state index in [1.165, 1.54) is 4.57 Å². The summed E-state index contributed by atoms with van der Waals surface area (Å²) < 4.78 is 18.5. The highest BCUT2D eigenvalue weighted by Crippen LogP contribution is 2.31. The summed E-state index contributed by atoms with van der Waals surface area (Å²) in [7, 11) is 1.60. The first kappa shape index (κ1) is 19.0. The van der Waals surface area contributed by atoms with Gasteiger partial charge < -0.3 is 19.2 Å². The molecule has 0 aliphatic rings. The van der Waals surface area contributed by atoms with Crippen molar-refractivity contribution in [1.82, 2.24) is 9.55 Å². The smallest absolute Gasteiger partial charge is 0.262 e. The molecule has 0 radical (unpaired) electrons. The SMILES string of the molecule is CCOc1cc2[nH]c(=S)n(Cc3ccccc3OC)c(=O)c2cc1OCC. The van der Waals surface area contributed by atoms with Crippen molar-refractivity contribution >= 4 is 23.1 Å². The fourth-order valence-corrected chi connectivity index (χ4v) is 3.20. The Morgan fingerprint density at radius 3 is 2.37 bits per heavy atom. The largest absolute Gasteiger partial charge is 0.496 e. The number of benzene rings is 2. The van der Waals surface area contributed by atoms with E-state index in [0.717, 1.165) is 5.56 Å². The van der Waals surface area contributed by atoms with Crippen LogP contribution in [0, 0.1) is 4.77 Å². The van der Waals surface area contributed by atoms with Crippen molar-refractivity contribution in [2.45, 2.75) is 20.4 Å². The van der Waals surface area contributed by atoms with Crippen LogP contribution in [0.3, 0.4) is 0 Å². The van der Waals surface area contributed by atoms with Crippen molar-refractivity contribution in [3.8, 4) is 17.2 Å². The highest BCUT2D eigenvalue weighted by Gasteiger charge is 2.13. The van der Waals surface area contributed by atoms with Gasteiger partial charge >= 0.3 is 0 Å². The highest BCUT2D eigenvalue weighted by molar-refractivity contribution is 7.71. The van der Waals surface area contributed by atoms with Crippen LogP contribution in [0.15, 0.2) is 41.2 Å². The average molecular weight is 386 g/mol. The molecule has 0 saturated heterocycles. The minimum absolute atomic E-state index is 0.191. The number of hydrogen-bond acceptors (Lipinski definition) is 5. The van der Waals surface area contributed by atoms with Crippen LogP contribution in [0.2, 0.25) is 0 Å². The molecule has 0 saturated carbocycles. The van der Waals surface area contributed by atoms with E-state index < -0.39 is 0 Å². The summed E-state index contributed by atoms with van der Waals surface area (Å²) in [4.78, 5) is 16.2. The third-order valence-corrected chi connectivity index (χ3v) is 4.49. The van der Waals surface area contributed by atoms with E-state index in [-0.39, 0.29) is 5.56 Å². The summed E-state index contributed by atoms with van der Waals surface area (Å²) >= 11 is 5.43. The molecule has 0 fully saturated rings. The van der Waals surface area contributed by atoms with E-state index in [1.54, 1.807) is 19.2 Å². The third-order valence-electron chi connectivity index (χ3n) is 4.17. The minimum atomic E-state index is -0.191. The van der Waals surface area contributed by atoms with Crippen LogP contribution in [0.1, 0.15) is 19.4 Å². The number of para-hydroxylation sites is 1. The van der Waals surface area contributed by atoms with Crippen LogP contribution in [-0.4, -0.2) is 29.9 Å². The normalized spacial score (nSPS) is 10.8. The molecule has 1 aromatic heterocycles. The summed E-state index contributed by atoms with van der Waals surface area (Å²) in [5, 5.41) is 0.491. The second kappa shape index (κ2) is 8.26. The van der Waals surface area contributed by atoms with Gasteiger partial charge in [-0.05, 0) is 38.2 Å². The Labute approximate surface area is 162 Å². The molecular formula is C20H22N2O4S. The van der Waals surface area contributed by atoms with Crippen LogP contribution in [0.25, 0.3) is 10.9 Å². The number of fused-ring (bicyclic) bond motifs is 1. The molecule has 0 amide bonds. The summed E-state index contributed by atoms with van der Waals surface area (Å²) in [6.07, 6.45) is 0. The zero-order valence-corrected chi connectivity index (χ0v) is 16.4. The topological polar surface area (TPSA) is 65.5 Å². The Balaban J connectivity index is 2.16. The van der Waals surface area contributed by atoms with Gasteiger partial charge in [-0.1, -0.05) is 18.2 Å². The lowest BCUT2D eigenvalue weighted by Crippen LogP contribution is -2.23. The summed E-state index contributed by atoms with van der Waals surface area (Å²) in [5.74, 6) is 1.83. The van der Waals surface area contributed by atoms with Crippen LogP contribution in [-0.2, 0) is 6.54 Å². The number of nitrogens with one attached hydrogen (secondary N) is 1. The molecule has 1 N–H and O–H groups in total. The fraction of sp³-hybridized carbons (Fsp3) is 0.300. The van der Waals surface area contributed by atoms with E-state index in [4.69, 9.17) is 26.4 Å². The molecule has 0 unspecified atom stereocenters. The number of hydrogen-bond donors (Lipinski definition) is 1. The quantitative estimate of drug-likeness (QED) is 0.624. The Kier molecular flexibility index (Phi) is 5.81. The van der Waals surface area contributed by atoms with Gasteiger partial charge in [0.1, 0.15) is 5.75 Å². The Bertz CT molecular complexity index is 1070. The van der Waals surface area contributed by atoms with Crippen molar-refractivity contribution < 1.29 is 14.2 Å². The predicted octanol–water partition coefficient (Wildman–Crippen LogP) is 3.91. The zero-order chi connectivity index (χ0) is 19.4.